The molecule has 22 heavy (non-hydrogen) atoms. The number of rotatable bonds is 4. The Labute approximate surface area is 126 Å². The molecule has 0 aliphatic heterocycles. The summed E-state index contributed by atoms with van der Waals surface area (Å²) < 4.78 is 36.2. The van der Waals surface area contributed by atoms with Crippen LogP contribution in [0.4, 0.5) is 8.78 Å². The molecular formula is C17H13F2NO2. The Balaban J connectivity index is 2.12. The Kier molecular flexibility index (Phi) is 3.87. The minimum atomic E-state index is -2.76. The van der Waals surface area contributed by atoms with E-state index in [0.717, 1.165) is 0 Å². The number of benzene rings is 2. The van der Waals surface area contributed by atoms with Crippen LogP contribution >= 0.6 is 0 Å². The molecule has 112 valence electrons. The average Bonchev–Trinajstić information content (AvgIpc) is 3.01. The lowest BCUT2D eigenvalue weighted by molar-refractivity contribution is 0.116. The molecule has 2 aromatic carbocycles. The first-order chi connectivity index (χ1) is 10.7. The summed E-state index contributed by atoms with van der Waals surface area (Å²) in [5.74, 6) is 0.438. The molecule has 0 spiro atoms. The molecule has 0 bridgehead atoms. The van der Waals surface area contributed by atoms with Gasteiger partial charge in [-0.2, -0.15) is 8.78 Å². The summed E-state index contributed by atoms with van der Waals surface area (Å²) >= 11 is 0. The van der Waals surface area contributed by atoms with Gasteiger partial charge in [0.2, 0.25) is 0 Å². The standard InChI is InChI=1S/C17H13F2NO2/c1-21-13-9-7-11(8-10-13)14-15(12-5-3-2-4-6-12)22-17(20-14)16(18)19/h2-10,16H,1H3. The molecule has 0 aliphatic rings. The van der Waals surface area contributed by atoms with E-state index >= 15 is 0 Å². The first kappa shape index (κ1) is 14.3. The number of ether oxygens (including phenoxy) is 1. The number of hydrogen-bond acceptors (Lipinski definition) is 3. The van der Waals surface area contributed by atoms with Crippen LogP contribution in [0, 0.1) is 0 Å². The van der Waals surface area contributed by atoms with Crippen LogP contribution in [0.15, 0.2) is 59.0 Å². The molecule has 3 rings (SSSR count). The molecule has 1 heterocycles. The Morgan fingerprint density at radius 3 is 2.23 bits per heavy atom. The van der Waals surface area contributed by atoms with Gasteiger partial charge in [0.1, 0.15) is 11.4 Å². The summed E-state index contributed by atoms with van der Waals surface area (Å²) in [5, 5.41) is 0. The van der Waals surface area contributed by atoms with Gasteiger partial charge in [0.25, 0.3) is 5.89 Å². The summed E-state index contributed by atoms with van der Waals surface area (Å²) in [6.07, 6.45) is -2.76. The van der Waals surface area contributed by atoms with Gasteiger partial charge in [0.15, 0.2) is 5.76 Å². The van der Waals surface area contributed by atoms with Crippen molar-refractivity contribution in [3.63, 3.8) is 0 Å². The largest absolute Gasteiger partial charge is 0.497 e. The summed E-state index contributed by atoms with van der Waals surface area (Å²) in [6, 6.07) is 16.1. The number of hydrogen-bond donors (Lipinski definition) is 0. The van der Waals surface area contributed by atoms with Crippen LogP contribution < -0.4 is 4.74 Å². The smallest absolute Gasteiger partial charge is 0.313 e. The third-order valence-corrected chi connectivity index (χ3v) is 3.23. The van der Waals surface area contributed by atoms with Crippen LogP contribution in [0.3, 0.4) is 0 Å². The zero-order valence-corrected chi connectivity index (χ0v) is 11.8. The summed E-state index contributed by atoms with van der Waals surface area (Å²) in [5.41, 5.74) is 1.78. The Morgan fingerprint density at radius 1 is 0.955 bits per heavy atom. The van der Waals surface area contributed by atoms with E-state index < -0.39 is 12.3 Å². The molecule has 0 radical (unpaired) electrons. The fourth-order valence-corrected chi connectivity index (χ4v) is 2.16. The van der Waals surface area contributed by atoms with Crippen LogP contribution in [0.1, 0.15) is 12.3 Å². The van der Waals surface area contributed by atoms with Crippen molar-refractivity contribution in [2.24, 2.45) is 0 Å². The second-order valence-electron chi connectivity index (χ2n) is 4.63. The van der Waals surface area contributed by atoms with Gasteiger partial charge in [-0.05, 0) is 24.3 Å². The van der Waals surface area contributed by atoms with Crippen LogP contribution in [-0.4, -0.2) is 12.1 Å². The molecule has 3 nitrogen and oxygen atoms in total. The first-order valence-electron chi connectivity index (χ1n) is 6.67. The predicted molar refractivity (Wildman–Crippen MR) is 78.9 cm³/mol. The molecule has 0 unspecified atom stereocenters. The van der Waals surface area contributed by atoms with Gasteiger partial charge >= 0.3 is 6.43 Å². The lowest BCUT2D eigenvalue weighted by Gasteiger charge is -2.03. The van der Waals surface area contributed by atoms with Crippen LogP contribution in [0.25, 0.3) is 22.6 Å². The molecule has 0 atom stereocenters. The van der Waals surface area contributed by atoms with E-state index in [1.165, 1.54) is 0 Å². The molecule has 0 fully saturated rings. The topological polar surface area (TPSA) is 35.3 Å². The molecule has 3 aromatic rings. The van der Waals surface area contributed by atoms with Crippen molar-refractivity contribution in [2.75, 3.05) is 7.11 Å². The fraction of sp³-hybridized carbons (Fsp3) is 0.118. The van der Waals surface area contributed by atoms with Gasteiger partial charge in [-0.25, -0.2) is 4.98 Å². The molecule has 0 aliphatic carbocycles. The van der Waals surface area contributed by atoms with Gasteiger partial charge < -0.3 is 9.15 Å². The third kappa shape index (κ3) is 2.70. The van der Waals surface area contributed by atoms with Crippen molar-refractivity contribution in [1.29, 1.82) is 0 Å². The van der Waals surface area contributed by atoms with Crippen molar-refractivity contribution in [3.05, 3.63) is 60.5 Å². The van der Waals surface area contributed by atoms with E-state index in [1.54, 1.807) is 43.5 Å². The molecule has 5 heteroatoms. The van der Waals surface area contributed by atoms with E-state index in [9.17, 15) is 8.78 Å². The Morgan fingerprint density at radius 2 is 1.64 bits per heavy atom. The van der Waals surface area contributed by atoms with Gasteiger partial charge in [-0.3, -0.25) is 0 Å². The lowest BCUT2D eigenvalue weighted by atomic mass is 10.1. The molecular weight excluding hydrogens is 288 g/mol. The monoisotopic (exact) mass is 301 g/mol. The third-order valence-electron chi connectivity index (χ3n) is 3.23. The minimum absolute atomic E-state index is 0.334. The number of alkyl halides is 2. The summed E-state index contributed by atoms with van der Waals surface area (Å²) in [4.78, 5) is 3.95. The zero-order valence-electron chi connectivity index (χ0n) is 11.8. The summed E-state index contributed by atoms with van der Waals surface area (Å²) in [7, 11) is 1.56. The Hall–Kier alpha value is -2.69. The van der Waals surface area contributed by atoms with E-state index in [2.05, 4.69) is 4.98 Å². The SMILES string of the molecule is COc1ccc(-c2nc(C(F)F)oc2-c2ccccc2)cc1. The number of halogens is 2. The number of oxazole rings is 1. The summed E-state index contributed by atoms with van der Waals surface area (Å²) in [6.45, 7) is 0. The molecule has 0 N–H and O–H groups in total. The quantitative estimate of drug-likeness (QED) is 0.683. The molecule has 1 aromatic heterocycles. The van der Waals surface area contributed by atoms with E-state index in [0.29, 0.717) is 28.3 Å². The van der Waals surface area contributed by atoms with E-state index in [1.807, 2.05) is 18.2 Å². The second kappa shape index (κ2) is 5.97. The van der Waals surface area contributed by atoms with Gasteiger partial charge in [0, 0.05) is 11.1 Å². The van der Waals surface area contributed by atoms with Crippen LogP contribution in [-0.2, 0) is 0 Å². The van der Waals surface area contributed by atoms with Crippen molar-refractivity contribution in [1.82, 2.24) is 4.98 Å². The van der Waals surface area contributed by atoms with Crippen molar-refractivity contribution < 1.29 is 17.9 Å². The maximum atomic E-state index is 12.9. The van der Waals surface area contributed by atoms with Gasteiger partial charge in [-0.1, -0.05) is 30.3 Å². The maximum Gasteiger partial charge on any atom is 0.313 e. The highest BCUT2D eigenvalue weighted by molar-refractivity contribution is 5.77. The van der Waals surface area contributed by atoms with Crippen LogP contribution in [0.5, 0.6) is 5.75 Å². The second-order valence-corrected chi connectivity index (χ2v) is 4.63. The highest BCUT2D eigenvalue weighted by Crippen LogP contribution is 2.35. The van der Waals surface area contributed by atoms with Crippen molar-refractivity contribution in [2.45, 2.75) is 6.43 Å². The van der Waals surface area contributed by atoms with Crippen molar-refractivity contribution in [3.8, 4) is 28.3 Å². The minimum Gasteiger partial charge on any atom is -0.497 e. The van der Waals surface area contributed by atoms with Crippen molar-refractivity contribution >= 4 is 0 Å². The fourth-order valence-electron chi connectivity index (χ4n) is 2.16. The van der Waals surface area contributed by atoms with E-state index in [4.69, 9.17) is 9.15 Å². The molecule has 0 amide bonds. The molecule has 0 saturated heterocycles. The Bertz CT molecular complexity index is 752. The van der Waals surface area contributed by atoms with E-state index in [-0.39, 0.29) is 0 Å². The number of nitrogens with zero attached hydrogens (tertiary/aromatic N) is 1. The van der Waals surface area contributed by atoms with Gasteiger partial charge in [-0.15, -0.1) is 0 Å². The molecule has 0 saturated carbocycles. The van der Waals surface area contributed by atoms with Crippen LogP contribution in [0.2, 0.25) is 0 Å². The number of aromatic nitrogens is 1. The van der Waals surface area contributed by atoms with Gasteiger partial charge in [0.05, 0.1) is 7.11 Å². The first-order valence-corrected chi connectivity index (χ1v) is 6.67. The highest BCUT2D eigenvalue weighted by atomic mass is 19.3. The highest BCUT2D eigenvalue weighted by Gasteiger charge is 2.22. The predicted octanol–water partition coefficient (Wildman–Crippen LogP) is 4.95. The average molecular weight is 301 g/mol. The zero-order chi connectivity index (χ0) is 15.5. The normalized spacial score (nSPS) is 10.9. The lowest BCUT2D eigenvalue weighted by Crippen LogP contribution is -1.86. The maximum absolute atomic E-state index is 12.9. The number of methoxy groups -OCH3 is 1.